The van der Waals surface area contributed by atoms with Crippen molar-refractivity contribution < 1.29 is 9.21 Å². The molecule has 1 aliphatic rings. The molecule has 2 unspecified atom stereocenters. The van der Waals surface area contributed by atoms with Crippen molar-refractivity contribution in [1.29, 1.82) is 0 Å². The lowest BCUT2D eigenvalue weighted by Crippen LogP contribution is -2.48. The average molecular weight is 332 g/mol. The zero-order valence-corrected chi connectivity index (χ0v) is 14.1. The van der Waals surface area contributed by atoms with Crippen molar-refractivity contribution in [3.63, 3.8) is 0 Å². The summed E-state index contributed by atoms with van der Waals surface area (Å²) in [5.74, 6) is 0.910. The monoisotopic (exact) mass is 332 g/mol. The number of hydrogen-bond donors (Lipinski definition) is 0. The number of carbonyl (C=O) groups excluding carboxylic acids is 1. The topological polar surface area (TPSA) is 72.1 Å². The van der Waals surface area contributed by atoms with Crippen molar-refractivity contribution in [2.24, 2.45) is 0 Å². The molecule has 23 heavy (non-hydrogen) atoms. The highest BCUT2D eigenvalue weighted by atomic mass is 32.2. The van der Waals surface area contributed by atoms with Crippen LogP contribution < -0.4 is 0 Å². The van der Waals surface area contributed by atoms with Crippen LogP contribution in [-0.2, 0) is 4.79 Å². The minimum absolute atomic E-state index is 0.137. The summed E-state index contributed by atoms with van der Waals surface area (Å²) in [6.45, 7) is 4.24. The maximum absolute atomic E-state index is 12.5. The number of carbonyl (C=O) groups is 1. The first-order valence-electron chi connectivity index (χ1n) is 7.83. The zero-order chi connectivity index (χ0) is 16.2. The summed E-state index contributed by atoms with van der Waals surface area (Å²) < 4.78 is 5.60. The first-order valence-corrected chi connectivity index (χ1v) is 8.81. The number of likely N-dealkylation sites (tertiary alicyclic amines) is 1. The maximum atomic E-state index is 12.5. The molecule has 3 heterocycles. The Labute approximate surface area is 139 Å². The lowest BCUT2D eigenvalue weighted by Gasteiger charge is -2.39. The van der Waals surface area contributed by atoms with Gasteiger partial charge in [-0.1, -0.05) is 11.8 Å². The molecule has 1 fully saturated rings. The Morgan fingerprint density at radius 3 is 2.65 bits per heavy atom. The van der Waals surface area contributed by atoms with E-state index in [1.807, 2.05) is 17.0 Å². The fraction of sp³-hybridized carbons (Fsp3) is 0.500. The van der Waals surface area contributed by atoms with Crippen LogP contribution in [0, 0.1) is 0 Å². The van der Waals surface area contributed by atoms with Crippen LogP contribution in [0.3, 0.4) is 0 Å². The van der Waals surface area contributed by atoms with E-state index in [1.54, 1.807) is 12.4 Å². The van der Waals surface area contributed by atoms with Gasteiger partial charge in [-0.15, -0.1) is 10.2 Å². The summed E-state index contributed by atoms with van der Waals surface area (Å²) in [7, 11) is 0. The predicted molar refractivity (Wildman–Crippen MR) is 87.9 cm³/mol. The Balaban J connectivity index is 1.60. The number of pyridine rings is 1. The van der Waals surface area contributed by atoms with Gasteiger partial charge >= 0.3 is 0 Å². The third-order valence-corrected chi connectivity index (χ3v) is 4.94. The molecular formula is C16H20N4O2S. The summed E-state index contributed by atoms with van der Waals surface area (Å²) >= 11 is 1.29. The first-order chi connectivity index (χ1) is 11.1. The van der Waals surface area contributed by atoms with Gasteiger partial charge in [0.1, 0.15) is 0 Å². The standard InChI is InChI=1S/C16H20N4O2S/c1-11-4-3-5-12(2)20(11)14(21)10-23-16-19-18-15(22-16)13-6-8-17-9-7-13/h6-9,11-12H,3-5,10H2,1-2H3. The molecule has 0 saturated carbocycles. The first kappa shape index (κ1) is 16.0. The van der Waals surface area contributed by atoms with Gasteiger partial charge in [-0.25, -0.2) is 0 Å². The molecule has 1 amide bonds. The predicted octanol–water partition coefficient (Wildman–Crippen LogP) is 3.01. The Morgan fingerprint density at radius 1 is 1.26 bits per heavy atom. The van der Waals surface area contributed by atoms with E-state index < -0.39 is 0 Å². The van der Waals surface area contributed by atoms with E-state index in [0.717, 1.165) is 18.4 Å². The summed E-state index contributed by atoms with van der Waals surface area (Å²) in [5, 5.41) is 8.44. The van der Waals surface area contributed by atoms with E-state index in [4.69, 9.17) is 4.42 Å². The number of thioether (sulfide) groups is 1. The molecule has 0 radical (unpaired) electrons. The Hall–Kier alpha value is -1.89. The lowest BCUT2D eigenvalue weighted by molar-refractivity contribution is -0.134. The highest BCUT2D eigenvalue weighted by Gasteiger charge is 2.29. The zero-order valence-electron chi connectivity index (χ0n) is 13.3. The summed E-state index contributed by atoms with van der Waals surface area (Å²) in [5.41, 5.74) is 0.823. The second-order valence-electron chi connectivity index (χ2n) is 5.83. The average Bonchev–Trinajstić information content (AvgIpc) is 3.02. The van der Waals surface area contributed by atoms with Gasteiger partial charge in [-0.05, 0) is 45.2 Å². The van der Waals surface area contributed by atoms with Crippen LogP contribution in [0.25, 0.3) is 11.5 Å². The maximum Gasteiger partial charge on any atom is 0.277 e. The number of hydrogen-bond acceptors (Lipinski definition) is 6. The van der Waals surface area contributed by atoms with Crippen LogP contribution in [-0.4, -0.2) is 43.8 Å². The summed E-state index contributed by atoms with van der Waals surface area (Å²) in [6.07, 6.45) is 6.70. The molecule has 0 N–H and O–H groups in total. The normalized spacial score (nSPS) is 21.4. The van der Waals surface area contributed by atoms with Crippen molar-refractivity contribution in [2.75, 3.05) is 5.75 Å². The molecule has 2 atom stereocenters. The quantitative estimate of drug-likeness (QED) is 0.802. The SMILES string of the molecule is CC1CCCC(C)N1C(=O)CSc1nnc(-c2ccncc2)o1. The van der Waals surface area contributed by atoms with Gasteiger partial charge < -0.3 is 9.32 Å². The largest absolute Gasteiger partial charge is 0.411 e. The van der Waals surface area contributed by atoms with Crippen molar-refractivity contribution in [1.82, 2.24) is 20.1 Å². The lowest BCUT2D eigenvalue weighted by atomic mass is 9.98. The molecule has 0 spiro atoms. The van der Waals surface area contributed by atoms with E-state index in [2.05, 4.69) is 29.0 Å². The van der Waals surface area contributed by atoms with Crippen molar-refractivity contribution >= 4 is 17.7 Å². The van der Waals surface area contributed by atoms with Crippen LogP contribution in [0.1, 0.15) is 33.1 Å². The molecule has 6 nitrogen and oxygen atoms in total. The van der Waals surface area contributed by atoms with E-state index in [1.165, 1.54) is 18.2 Å². The van der Waals surface area contributed by atoms with Crippen LogP contribution >= 0.6 is 11.8 Å². The van der Waals surface area contributed by atoms with Crippen LogP contribution in [0.4, 0.5) is 0 Å². The molecule has 2 aromatic heterocycles. The van der Waals surface area contributed by atoms with E-state index >= 15 is 0 Å². The third kappa shape index (κ3) is 3.72. The van der Waals surface area contributed by atoms with Crippen LogP contribution in [0.5, 0.6) is 0 Å². The smallest absolute Gasteiger partial charge is 0.277 e. The second kappa shape index (κ2) is 7.12. The number of amides is 1. The molecule has 7 heteroatoms. The molecule has 0 aromatic carbocycles. The van der Waals surface area contributed by atoms with Gasteiger partial charge in [-0.2, -0.15) is 0 Å². The molecule has 0 aliphatic carbocycles. The van der Waals surface area contributed by atoms with Gasteiger partial charge in [0.15, 0.2) is 0 Å². The number of nitrogens with zero attached hydrogens (tertiary/aromatic N) is 4. The van der Waals surface area contributed by atoms with Crippen LogP contribution in [0.2, 0.25) is 0 Å². The van der Waals surface area contributed by atoms with Gasteiger partial charge in [0.05, 0.1) is 5.75 Å². The Bertz CT molecular complexity index is 651. The van der Waals surface area contributed by atoms with Crippen molar-refractivity contribution in [3.8, 4) is 11.5 Å². The molecule has 2 aromatic rings. The van der Waals surface area contributed by atoms with Crippen molar-refractivity contribution in [3.05, 3.63) is 24.5 Å². The molecule has 0 bridgehead atoms. The van der Waals surface area contributed by atoms with E-state index in [-0.39, 0.29) is 5.91 Å². The number of piperidine rings is 1. The van der Waals surface area contributed by atoms with E-state index in [0.29, 0.717) is 29.0 Å². The van der Waals surface area contributed by atoms with Crippen LogP contribution in [0.15, 0.2) is 34.2 Å². The summed E-state index contributed by atoms with van der Waals surface area (Å²) in [6, 6.07) is 4.23. The molecule has 1 saturated heterocycles. The van der Waals surface area contributed by atoms with Crippen molar-refractivity contribution in [2.45, 2.75) is 50.4 Å². The highest BCUT2D eigenvalue weighted by Crippen LogP contribution is 2.26. The molecular weight excluding hydrogens is 312 g/mol. The van der Waals surface area contributed by atoms with Gasteiger partial charge in [0, 0.05) is 30.0 Å². The second-order valence-corrected chi connectivity index (χ2v) is 6.75. The Morgan fingerprint density at radius 2 is 1.96 bits per heavy atom. The minimum Gasteiger partial charge on any atom is -0.411 e. The van der Waals surface area contributed by atoms with Gasteiger partial charge in [0.2, 0.25) is 11.8 Å². The highest BCUT2D eigenvalue weighted by molar-refractivity contribution is 7.99. The minimum atomic E-state index is 0.137. The fourth-order valence-electron chi connectivity index (χ4n) is 2.99. The third-order valence-electron chi connectivity index (χ3n) is 4.13. The summed E-state index contributed by atoms with van der Waals surface area (Å²) in [4.78, 5) is 18.4. The molecule has 1 aliphatic heterocycles. The molecule has 122 valence electrons. The van der Waals surface area contributed by atoms with Gasteiger partial charge in [-0.3, -0.25) is 9.78 Å². The molecule has 3 rings (SSSR count). The fourth-order valence-corrected chi connectivity index (χ4v) is 3.62. The Kier molecular flexibility index (Phi) is 4.95. The number of aromatic nitrogens is 3. The number of rotatable bonds is 4. The van der Waals surface area contributed by atoms with E-state index in [9.17, 15) is 4.79 Å². The van der Waals surface area contributed by atoms with Gasteiger partial charge in [0.25, 0.3) is 5.22 Å².